The van der Waals surface area contributed by atoms with E-state index in [1.54, 1.807) is 28.2 Å². The fourth-order valence-corrected chi connectivity index (χ4v) is 3.59. The van der Waals surface area contributed by atoms with Crippen molar-refractivity contribution >= 4 is 14.7 Å². The maximum Gasteiger partial charge on any atom is 0.501 e. The quantitative estimate of drug-likeness (QED) is 0.378. The van der Waals surface area contributed by atoms with E-state index < -0.39 is 15.0 Å². The SMILES string of the molecule is C=CC(=O)N(C)C(C)O[Si](CCC)(OC)OC. The molecular formula is C11H23NO4Si. The van der Waals surface area contributed by atoms with E-state index in [-0.39, 0.29) is 5.91 Å². The minimum atomic E-state index is -2.66. The van der Waals surface area contributed by atoms with Crippen molar-refractivity contribution < 1.29 is 18.1 Å². The van der Waals surface area contributed by atoms with Crippen LogP contribution in [0.1, 0.15) is 20.3 Å². The molecule has 1 amide bonds. The molecule has 100 valence electrons. The lowest BCUT2D eigenvalue weighted by Gasteiger charge is -2.33. The third kappa shape index (κ3) is 4.59. The van der Waals surface area contributed by atoms with Crippen LogP contribution in [0.25, 0.3) is 0 Å². The topological polar surface area (TPSA) is 48.0 Å². The Bertz CT molecular complexity index is 256. The average molecular weight is 261 g/mol. The molecule has 0 bridgehead atoms. The summed E-state index contributed by atoms with van der Waals surface area (Å²) in [4.78, 5) is 12.9. The Morgan fingerprint density at radius 3 is 2.35 bits per heavy atom. The molecule has 1 unspecified atom stereocenters. The summed E-state index contributed by atoms with van der Waals surface area (Å²) in [6.45, 7) is 7.26. The number of carbonyl (C=O) groups is 1. The number of carbonyl (C=O) groups excluding carboxylic acids is 1. The standard InChI is InChI=1S/C11H23NO4Si/c1-7-9-17(14-5,15-6)16-10(3)12(4)11(13)8-2/h8,10H,2,7,9H2,1,3-6H3. The summed E-state index contributed by atoms with van der Waals surface area (Å²) >= 11 is 0. The van der Waals surface area contributed by atoms with Crippen LogP contribution >= 0.6 is 0 Å². The van der Waals surface area contributed by atoms with Crippen molar-refractivity contribution in [2.24, 2.45) is 0 Å². The van der Waals surface area contributed by atoms with E-state index in [0.717, 1.165) is 12.5 Å². The van der Waals surface area contributed by atoms with Gasteiger partial charge in [-0.25, -0.2) is 0 Å². The van der Waals surface area contributed by atoms with E-state index in [2.05, 4.69) is 6.58 Å². The van der Waals surface area contributed by atoms with E-state index in [1.165, 1.54) is 11.0 Å². The smallest absolute Gasteiger partial charge is 0.377 e. The molecule has 0 rings (SSSR count). The highest BCUT2D eigenvalue weighted by Crippen LogP contribution is 2.19. The lowest BCUT2D eigenvalue weighted by atomic mass is 10.5. The van der Waals surface area contributed by atoms with Gasteiger partial charge in [0.05, 0.1) is 0 Å². The van der Waals surface area contributed by atoms with Crippen molar-refractivity contribution in [2.75, 3.05) is 21.3 Å². The highest BCUT2D eigenvalue weighted by molar-refractivity contribution is 6.60. The first-order chi connectivity index (χ1) is 7.96. The van der Waals surface area contributed by atoms with Gasteiger partial charge in [-0.2, -0.15) is 0 Å². The minimum Gasteiger partial charge on any atom is -0.377 e. The summed E-state index contributed by atoms with van der Waals surface area (Å²) in [7, 11) is 2.16. The Kier molecular flexibility index (Phi) is 7.29. The first-order valence-corrected chi connectivity index (χ1v) is 7.56. The van der Waals surface area contributed by atoms with Gasteiger partial charge < -0.3 is 18.2 Å². The van der Waals surface area contributed by atoms with Crippen LogP contribution in [-0.2, 0) is 18.1 Å². The maximum atomic E-state index is 11.4. The minimum absolute atomic E-state index is 0.191. The van der Waals surface area contributed by atoms with E-state index in [1.807, 2.05) is 6.92 Å². The summed E-state index contributed by atoms with van der Waals surface area (Å²) in [5, 5.41) is 0. The molecule has 6 heteroatoms. The van der Waals surface area contributed by atoms with Gasteiger partial charge in [0, 0.05) is 27.3 Å². The van der Waals surface area contributed by atoms with Gasteiger partial charge in [-0.05, 0) is 13.0 Å². The van der Waals surface area contributed by atoms with E-state index >= 15 is 0 Å². The molecule has 0 heterocycles. The number of likely N-dealkylation sites (N-methyl/N-ethyl adjacent to an activating group) is 1. The van der Waals surface area contributed by atoms with Gasteiger partial charge in [0.25, 0.3) is 0 Å². The predicted octanol–water partition coefficient (Wildman–Crippen LogP) is 1.64. The maximum absolute atomic E-state index is 11.4. The van der Waals surface area contributed by atoms with Gasteiger partial charge in [0.15, 0.2) is 0 Å². The van der Waals surface area contributed by atoms with Crippen molar-refractivity contribution in [3.63, 3.8) is 0 Å². The Labute approximate surface area is 105 Å². The van der Waals surface area contributed by atoms with Crippen molar-refractivity contribution in [3.8, 4) is 0 Å². The summed E-state index contributed by atoms with van der Waals surface area (Å²) in [6, 6.07) is 0.723. The average Bonchev–Trinajstić information content (AvgIpc) is 2.35. The summed E-state index contributed by atoms with van der Waals surface area (Å²) < 4.78 is 16.6. The molecule has 1 atom stereocenters. The number of rotatable bonds is 8. The van der Waals surface area contributed by atoms with Gasteiger partial charge >= 0.3 is 8.80 Å². The number of amides is 1. The van der Waals surface area contributed by atoms with Crippen LogP contribution in [0.4, 0.5) is 0 Å². The normalized spacial score (nSPS) is 13.2. The van der Waals surface area contributed by atoms with E-state index in [0.29, 0.717) is 0 Å². The molecule has 0 radical (unpaired) electrons. The summed E-state index contributed by atoms with van der Waals surface area (Å²) in [6.07, 6.45) is 1.75. The Balaban J connectivity index is 4.64. The monoisotopic (exact) mass is 261 g/mol. The fraction of sp³-hybridized carbons (Fsp3) is 0.727. The molecule has 0 aromatic carbocycles. The van der Waals surface area contributed by atoms with Crippen LogP contribution in [0.3, 0.4) is 0 Å². The van der Waals surface area contributed by atoms with Crippen molar-refractivity contribution in [2.45, 2.75) is 32.5 Å². The second-order valence-electron chi connectivity index (χ2n) is 3.71. The predicted molar refractivity (Wildman–Crippen MR) is 68.4 cm³/mol. The van der Waals surface area contributed by atoms with Crippen molar-refractivity contribution in [1.82, 2.24) is 4.90 Å². The molecule has 5 nitrogen and oxygen atoms in total. The molecule has 0 saturated carbocycles. The lowest BCUT2D eigenvalue weighted by molar-refractivity contribution is -0.133. The zero-order chi connectivity index (χ0) is 13.5. The zero-order valence-electron chi connectivity index (χ0n) is 11.4. The van der Waals surface area contributed by atoms with Gasteiger partial charge in [-0.3, -0.25) is 4.79 Å². The summed E-state index contributed by atoms with van der Waals surface area (Å²) in [5.41, 5.74) is 0. The third-order valence-corrected chi connectivity index (χ3v) is 5.65. The Morgan fingerprint density at radius 2 is 2.00 bits per heavy atom. The molecule has 17 heavy (non-hydrogen) atoms. The molecule has 0 aromatic heterocycles. The lowest BCUT2D eigenvalue weighted by Crippen LogP contribution is -2.50. The number of hydrogen-bond acceptors (Lipinski definition) is 4. The van der Waals surface area contributed by atoms with Crippen molar-refractivity contribution in [1.29, 1.82) is 0 Å². The second kappa shape index (κ2) is 7.60. The second-order valence-corrected chi connectivity index (χ2v) is 6.63. The molecule has 0 aliphatic rings. The van der Waals surface area contributed by atoms with Gasteiger partial charge in [-0.15, -0.1) is 0 Å². The third-order valence-electron chi connectivity index (χ3n) is 2.60. The highest BCUT2D eigenvalue weighted by atomic mass is 28.4. The molecule has 0 aliphatic heterocycles. The van der Waals surface area contributed by atoms with E-state index in [9.17, 15) is 4.79 Å². The largest absolute Gasteiger partial charge is 0.501 e. The van der Waals surface area contributed by atoms with Crippen LogP contribution in [0.2, 0.25) is 6.04 Å². The molecular weight excluding hydrogens is 238 g/mol. The molecule has 0 saturated heterocycles. The van der Waals surface area contributed by atoms with Crippen molar-refractivity contribution in [3.05, 3.63) is 12.7 Å². The summed E-state index contributed by atoms with van der Waals surface area (Å²) in [5.74, 6) is -0.191. The van der Waals surface area contributed by atoms with E-state index in [4.69, 9.17) is 13.3 Å². The van der Waals surface area contributed by atoms with Crippen LogP contribution in [0.15, 0.2) is 12.7 Å². The van der Waals surface area contributed by atoms with Crippen LogP contribution < -0.4 is 0 Å². The zero-order valence-corrected chi connectivity index (χ0v) is 12.4. The molecule has 0 aromatic rings. The first-order valence-electron chi connectivity index (χ1n) is 5.63. The van der Waals surface area contributed by atoms with Gasteiger partial charge in [0.1, 0.15) is 6.23 Å². The molecule has 0 N–H and O–H groups in total. The molecule has 0 aliphatic carbocycles. The Morgan fingerprint density at radius 1 is 1.47 bits per heavy atom. The first kappa shape index (κ1) is 16.3. The van der Waals surface area contributed by atoms with Gasteiger partial charge in [-0.1, -0.05) is 19.9 Å². The van der Waals surface area contributed by atoms with Crippen LogP contribution in [0, 0.1) is 0 Å². The van der Waals surface area contributed by atoms with Gasteiger partial charge in [0.2, 0.25) is 5.91 Å². The van der Waals surface area contributed by atoms with Crippen LogP contribution in [0.5, 0.6) is 0 Å². The molecule has 0 spiro atoms. The number of hydrogen-bond donors (Lipinski definition) is 0. The number of nitrogens with zero attached hydrogens (tertiary/aromatic N) is 1. The fourth-order valence-electron chi connectivity index (χ4n) is 1.41. The van der Waals surface area contributed by atoms with Crippen LogP contribution in [-0.4, -0.2) is 47.1 Å². The Hall–Kier alpha value is -0.693. The molecule has 0 fully saturated rings. The highest BCUT2D eigenvalue weighted by Gasteiger charge is 2.40.